The van der Waals surface area contributed by atoms with Crippen LogP contribution in [0.1, 0.15) is 32.3 Å². The molecule has 2 rings (SSSR count). The molecule has 6 heteroatoms. The van der Waals surface area contributed by atoms with Crippen LogP contribution in [0.5, 0.6) is 11.5 Å². The Morgan fingerprint density at radius 3 is 2.42 bits per heavy atom. The highest BCUT2D eigenvalue weighted by molar-refractivity contribution is 7.92. The molecule has 0 unspecified atom stereocenters. The van der Waals surface area contributed by atoms with E-state index in [1.807, 2.05) is 20.8 Å². The van der Waals surface area contributed by atoms with Gasteiger partial charge >= 0.3 is 0 Å². The zero-order chi connectivity index (χ0) is 17.7. The van der Waals surface area contributed by atoms with Crippen LogP contribution < -0.4 is 14.2 Å². The van der Waals surface area contributed by atoms with E-state index in [1.54, 1.807) is 43.5 Å². The first kappa shape index (κ1) is 18.1. The van der Waals surface area contributed by atoms with Crippen LogP contribution in [0.4, 0.5) is 5.69 Å². The first-order valence-corrected chi connectivity index (χ1v) is 9.30. The maximum absolute atomic E-state index is 12.7. The molecule has 0 aliphatic carbocycles. The summed E-state index contributed by atoms with van der Waals surface area (Å²) in [6.07, 6.45) is 0. The van der Waals surface area contributed by atoms with Gasteiger partial charge < -0.3 is 9.47 Å². The molecule has 0 saturated heterocycles. The molecule has 2 aromatic rings. The number of para-hydroxylation sites is 2. The Labute approximate surface area is 143 Å². The number of ether oxygens (including phenoxy) is 2. The van der Waals surface area contributed by atoms with Crippen LogP contribution in [-0.2, 0) is 10.0 Å². The van der Waals surface area contributed by atoms with Crippen molar-refractivity contribution >= 4 is 15.7 Å². The summed E-state index contributed by atoms with van der Waals surface area (Å²) in [6.45, 7) is 6.29. The molecule has 0 spiro atoms. The Balaban J connectivity index is 2.40. The summed E-state index contributed by atoms with van der Waals surface area (Å²) in [7, 11) is -2.15. The molecule has 24 heavy (non-hydrogen) atoms. The van der Waals surface area contributed by atoms with Crippen molar-refractivity contribution in [1.29, 1.82) is 0 Å². The van der Waals surface area contributed by atoms with Gasteiger partial charge in [-0.2, -0.15) is 0 Å². The number of anilines is 1. The van der Waals surface area contributed by atoms with Gasteiger partial charge in [-0.05, 0) is 48.7 Å². The van der Waals surface area contributed by atoms with E-state index in [-0.39, 0.29) is 10.8 Å². The summed E-state index contributed by atoms with van der Waals surface area (Å²) in [6, 6.07) is 11.8. The van der Waals surface area contributed by atoms with Crippen molar-refractivity contribution in [2.75, 3.05) is 18.4 Å². The van der Waals surface area contributed by atoms with Crippen LogP contribution in [0.3, 0.4) is 0 Å². The van der Waals surface area contributed by atoms with Crippen LogP contribution >= 0.6 is 0 Å². The van der Waals surface area contributed by atoms with Gasteiger partial charge in [-0.1, -0.05) is 26.0 Å². The lowest BCUT2D eigenvalue weighted by atomic mass is 10.0. The number of hydrogen-bond donors (Lipinski definition) is 1. The lowest BCUT2D eigenvalue weighted by Crippen LogP contribution is -2.14. The van der Waals surface area contributed by atoms with Crippen molar-refractivity contribution in [2.24, 2.45) is 0 Å². The zero-order valence-electron chi connectivity index (χ0n) is 14.4. The molecule has 0 aliphatic rings. The van der Waals surface area contributed by atoms with Gasteiger partial charge in [0.25, 0.3) is 10.0 Å². The largest absolute Gasteiger partial charge is 0.496 e. The van der Waals surface area contributed by atoms with E-state index >= 15 is 0 Å². The average Bonchev–Trinajstić information content (AvgIpc) is 2.56. The number of hydrogen-bond acceptors (Lipinski definition) is 4. The summed E-state index contributed by atoms with van der Waals surface area (Å²) in [5, 5.41) is 0. The summed E-state index contributed by atoms with van der Waals surface area (Å²) in [4.78, 5) is 0.193. The molecule has 0 fully saturated rings. The second-order valence-electron chi connectivity index (χ2n) is 5.59. The van der Waals surface area contributed by atoms with E-state index < -0.39 is 10.0 Å². The van der Waals surface area contributed by atoms with Gasteiger partial charge in [0.2, 0.25) is 0 Å². The molecular weight excluding hydrogens is 326 g/mol. The standard InChI is InChI=1S/C18H23NO4S/c1-5-23-18-9-7-6-8-16(18)19-24(20,21)14-10-11-17(22-4)15(12-14)13(2)3/h6-13,19H,5H2,1-4H3. The molecule has 0 saturated carbocycles. The average molecular weight is 349 g/mol. The van der Waals surface area contributed by atoms with E-state index in [0.29, 0.717) is 23.8 Å². The quantitative estimate of drug-likeness (QED) is 0.820. The van der Waals surface area contributed by atoms with Gasteiger partial charge in [-0.3, -0.25) is 4.72 Å². The van der Waals surface area contributed by atoms with Crippen LogP contribution in [0.25, 0.3) is 0 Å². The second kappa shape index (κ2) is 7.57. The zero-order valence-corrected chi connectivity index (χ0v) is 15.2. The molecule has 5 nitrogen and oxygen atoms in total. The van der Waals surface area contributed by atoms with E-state index in [9.17, 15) is 8.42 Å². The van der Waals surface area contributed by atoms with Crippen molar-refractivity contribution in [1.82, 2.24) is 0 Å². The van der Waals surface area contributed by atoms with Gasteiger partial charge in [0, 0.05) is 0 Å². The number of methoxy groups -OCH3 is 1. The minimum absolute atomic E-state index is 0.144. The summed E-state index contributed by atoms with van der Waals surface area (Å²) >= 11 is 0. The normalized spacial score (nSPS) is 11.4. The molecule has 0 bridgehead atoms. The molecule has 2 aromatic carbocycles. The molecule has 0 amide bonds. The van der Waals surface area contributed by atoms with Crippen molar-refractivity contribution < 1.29 is 17.9 Å². The minimum atomic E-state index is -3.72. The highest BCUT2D eigenvalue weighted by Crippen LogP contribution is 2.31. The second-order valence-corrected chi connectivity index (χ2v) is 7.28. The highest BCUT2D eigenvalue weighted by Gasteiger charge is 2.19. The first-order chi connectivity index (χ1) is 11.4. The topological polar surface area (TPSA) is 64.6 Å². The van der Waals surface area contributed by atoms with Crippen LogP contribution in [0.2, 0.25) is 0 Å². The minimum Gasteiger partial charge on any atom is -0.496 e. The highest BCUT2D eigenvalue weighted by atomic mass is 32.2. The van der Waals surface area contributed by atoms with Crippen LogP contribution in [0.15, 0.2) is 47.4 Å². The fourth-order valence-corrected chi connectivity index (χ4v) is 3.47. The summed E-state index contributed by atoms with van der Waals surface area (Å²) in [5.41, 5.74) is 1.26. The first-order valence-electron chi connectivity index (χ1n) is 7.81. The molecule has 1 N–H and O–H groups in total. The molecule has 130 valence electrons. The number of sulfonamides is 1. The summed E-state index contributed by atoms with van der Waals surface area (Å²) < 4.78 is 38.8. The number of rotatable bonds is 7. The number of benzene rings is 2. The Hall–Kier alpha value is -2.21. The Morgan fingerprint density at radius 2 is 1.79 bits per heavy atom. The van der Waals surface area contributed by atoms with Gasteiger partial charge in [0.15, 0.2) is 0 Å². The van der Waals surface area contributed by atoms with Crippen LogP contribution in [-0.4, -0.2) is 22.1 Å². The molecule has 0 heterocycles. The Bertz CT molecular complexity index is 800. The van der Waals surface area contributed by atoms with Gasteiger partial charge in [-0.25, -0.2) is 8.42 Å². The molecule has 0 atom stereocenters. The predicted molar refractivity (Wildman–Crippen MR) is 95.5 cm³/mol. The summed E-state index contributed by atoms with van der Waals surface area (Å²) in [5.74, 6) is 1.32. The molecule has 0 radical (unpaired) electrons. The smallest absolute Gasteiger partial charge is 0.262 e. The number of nitrogens with one attached hydrogen (secondary N) is 1. The molecule has 0 aromatic heterocycles. The lowest BCUT2D eigenvalue weighted by Gasteiger charge is -2.16. The lowest BCUT2D eigenvalue weighted by molar-refractivity contribution is 0.342. The maximum Gasteiger partial charge on any atom is 0.262 e. The third-order valence-electron chi connectivity index (χ3n) is 3.56. The Kier molecular flexibility index (Phi) is 5.72. The maximum atomic E-state index is 12.7. The van der Waals surface area contributed by atoms with Gasteiger partial charge in [-0.15, -0.1) is 0 Å². The van der Waals surface area contributed by atoms with Crippen molar-refractivity contribution in [3.8, 4) is 11.5 Å². The Morgan fingerprint density at radius 1 is 1.08 bits per heavy atom. The van der Waals surface area contributed by atoms with Gasteiger partial charge in [0.05, 0.1) is 24.3 Å². The van der Waals surface area contributed by atoms with Crippen LogP contribution in [0, 0.1) is 0 Å². The SMILES string of the molecule is CCOc1ccccc1NS(=O)(=O)c1ccc(OC)c(C(C)C)c1. The third-order valence-corrected chi connectivity index (χ3v) is 4.93. The van der Waals surface area contributed by atoms with Crippen molar-refractivity contribution in [3.05, 3.63) is 48.0 Å². The third kappa shape index (κ3) is 4.00. The fraction of sp³-hybridized carbons (Fsp3) is 0.333. The van der Waals surface area contributed by atoms with Crippen molar-refractivity contribution in [3.63, 3.8) is 0 Å². The van der Waals surface area contributed by atoms with Crippen molar-refractivity contribution in [2.45, 2.75) is 31.6 Å². The van der Waals surface area contributed by atoms with E-state index in [4.69, 9.17) is 9.47 Å². The molecular formula is C18H23NO4S. The fourth-order valence-electron chi connectivity index (χ4n) is 2.37. The molecule has 0 aliphatic heterocycles. The van der Waals surface area contributed by atoms with Gasteiger partial charge in [0.1, 0.15) is 11.5 Å². The van der Waals surface area contributed by atoms with E-state index in [1.165, 1.54) is 6.07 Å². The van der Waals surface area contributed by atoms with E-state index in [2.05, 4.69) is 4.72 Å². The van der Waals surface area contributed by atoms with E-state index in [0.717, 1.165) is 5.56 Å². The monoisotopic (exact) mass is 349 g/mol. The predicted octanol–water partition coefficient (Wildman–Crippen LogP) is 4.02.